The van der Waals surface area contributed by atoms with Crippen LogP contribution in [-0.2, 0) is 14.3 Å². The van der Waals surface area contributed by atoms with E-state index in [4.69, 9.17) is 9.47 Å². The third-order valence-electron chi connectivity index (χ3n) is 2.91. The smallest absolute Gasteiger partial charge is 0.331 e. The lowest BCUT2D eigenvalue weighted by Crippen LogP contribution is -2.20. The Bertz CT molecular complexity index is 695. The second-order valence-electron chi connectivity index (χ2n) is 4.63. The summed E-state index contributed by atoms with van der Waals surface area (Å²) >= 11 is 0. The molecule has 0 aliphatic heterocycles. The van der Waals surface area contributed by atoms with Crippen molar-refractivity contribution in [2.24, 2.45) is 0 Å². The molecule has 0 heterocycles. The molecule has 0 atom stereocenters. The van der Waals surface area contributed by atoms with Crippen molar-refractivity contribution in [2.75, 3.05) is 19.0 Å². The van der Waals surface area contributed by atoms with Crippen molar-refractivity contribution < 1.29 is 19.1 Å². The zero-order valence-corrected chi connectivity index (χ0v) is 12.7. The first-order chi connectivity index (χ1) is 11.2. The monoisotopic (exact) mass is 311 g/mol. The fourth-order valence-corrected chi connectivity index (χ4v) is 1.81. The van der Waals surface area contributed by atoms with Gasteiger partial charge in [0.2, 0.25) is 0 Å². The Morgan fingerprint density at radius 2 is 1.87 bits per heavy atom. The van der Waals surface area contributed by atoms with Crippen LogP contribution in [0.25, 0.3) is 6.08 Å². The molecule has 0 unspecified atom stereocenters. The van der Waals surface area contributed by atoms with Gasteiger partial charge < -0.3 is 14.8 Å². The maximum Gasteiger partial charge on any atom is 0.331 e. The van der Waals surface area contributed by atoms with Crippen LogP contribution in [0.15, 0.2) is 60.7 Å². The minimum atomic E-state index is -0.574. The highest BCUT2D eigenvalue weighted by Crippen LogP contribution is 2.16. The van der Waals surface area contributed by atoms with E-state index in [1.54, 1.807) is 37.5 Å². The van der Waals surface area contributed by atoms with Gasteiger partial charge in [0.25, 0.3) is 5.91 Å². The van der Waals surface area contributed by atoms with E-state index in [2.05, 4.69) is 5.32 Å². The quantitative estimate of drug-likeness (QED) is 0.658. The summed E-state index contributed by atoms with van der Waals surface area (Å²) in [6, 6.07) is 16.3. The maximum atomic E-state index is 11.7. The molecule has 0 radical (unpaired) electrons. The van der Waals surface area contributed by atoms with E-state index in [9.17, 15) is 9.59 Å². The van der Waals surface area contributed by atoms with Gasteiger partial charge in [-0.15, -0.1) is 0 Å². The number of esters is 1. The van der Waals surface area contributed by atoms with Gasteiger partial charge in [-0.1, -0.05) is 36.4 Å². The lowest BCUT2D eigenvalue weighted by Gasteiger charge is -2.07. The Morgan fingerprint density at radius 3 is 2.61 bits per heavy atom. The average Bonchev–Trinajstić information content (AvgIpc) is 2.59. The van der Waals surface area contributed by atoms with Crippen LogP contribution < -0.4 is 10.1 Å². The van der Waals surface area contributed by atoms with Gasteiger partial charge in [0.1, 0.15) is 5.75 Å². The first-order valence-electron chi connectivity index (χ1n) is 7.01. The molecule has 0 saturated carbocycles. The summed E-state index contributed by atoms with van der Waals surface area (Å²) in [5.41, 5.74) is 1.45. The van der Waals surface area contributed by atoms with E-state index in [0.29, 0.717) is 11.4 Å². The normalized spacial score (nSPS) is 10.3. The molecule has 118 valence electrons. The molecule has 2 rings (SSSR count). The fraction of sp³-hybridized carbons (Fsp3) is 0.111. The van der Waals surface area contributed by atoms with E-state index in [1.165, 1.54) is 6.08 Å². The van der Waals surface area contributed by atoms with Gasteiger partial charge in [-0.2, -0.15) is 0 Å². The minimum absolute atomic E-state index is 0.352. The highest BCUT2D eigenvalue weighted by Gasteiger charge is 2.06. The molecule has 2 aromatic carbocycles. The lowest BCUT2D eigenvalue weighted by atomic mass is 10.2. The maximum absolute atomic E-state index is 11.7. The predicted octanol–water partition coefficient (Wildman–Crippen LogP) is 2.89. The van der Waals surface area contributed by atoms with Crippen molar-refractivity contribution >= 4 is 23.6 Å². The van der Waals surface area contributed by atoms with Crippen LogP contribution in [0, 0.1) is 0 Å². The van der Waals surface area contributed by atoms with Crippen molar-refractivity contribution in [1.82, 2.24) is 0 Å². The molecule has 5 nitrogen and oxygen atoms in total. The average molecular weight is 311 g/mol. The first kappa shape index (κ1) is 16.3. The number of amides is 1. The van der Waals surface area contributed by atoms with Gasteiger partial charge >= 0.3 is 5.97 Å². The number of carbonyl (C=O) groups excluding carboxylic acids is 2. The van der Waals surface area contributed by atoms with E-state index >= 15 is 0 Å². The van der Waals surface area contributed by atoms with Crippen molar-refractivity contribution in [3.05, 3.63) is 66.2 Å². The van der Waals surface area contributed by atoms with Crippen LogP contribution in [0.3, 0.4) is 0 Å². The zero-order valence-electron chi connectivity index (χ0n) is 12.7. The van der Waals surface area contributed by atoms with Crippen LogP contribution in [0.5, 0.6) is 5.75 Å². The molecule has 0 aliphatic rings. The Morgan fingerprint density at radius 1 is 1.09 bits per heavy atom. The second-order valence-corrected chi connectivity index (χ2v) is 4.63. The van der Waals surface area contributed by atoms with Gasteiger partial charge in [0.05, 0.1) is 7.11 Å². The number of hydrogen-bond acceptors (Lipinski definition) is 4. The number of ether oxygens (including phenoxy) is 2. The van der Waals surface area contributed by atoms with Gasteiger partial charge in [-0.3, -0.25) is 4.79 Å². The van der Waals surface area contributed by atoms with Gasteiger partial charge in [-0.05, 0) is 23.8 Å². The summed E-state index contributed by atoms with van der Waals surface area (Å²) in [5, 5.41) is 2.63. The van der Waals surface area contributed by atoms with Crippen LogP contribution >= 0.6 is 0 Å². The molecule has 2 aromatic rings. The summed E-state index contributed by atoms with van der Waals surface area (Å²) in [4.78, 5) is 23.3. The standard InChI is InChI=1S/C18H17NO4/c1-22-16-9-5-8-15(12-16)19-17(20)13-23-18(21)11-10-14-6-3-2-4-7-14/h2-12H,13H2,1H3,(H,19,20). The molecule has 0 fully saturated rings. The first-order valence-corrected chi connectivity index (χ1v) is 7.01. The molecule has 0 spiro atoms. The van der Waals surface area contributed by atoms with Crippen molar-refractivity contribution in [2.45, 2.75) is 0 Å². The molecular formula is C18H17NO4. The third kappa shape index (κ3) is 5.67. The molecule has 1 amide bonds. The van der Waals surface area contributed by atoms with Crippen molar-refractivity contribution in [1.29, 1.82) is 0 Å². The number of hydrogen-bond donors (Lipinski definition) is 1. The Labute approximate surface area is 134 Å². The number of anilines is 1. The highest BCUT2D eigenvalue weighted by molar-refractivity contribution is 5.94. The molecule has 5 heteroatoms. The van der Waals surface area contributed by atoms with Crippen LogP contribution in [0.1, 0.15) is 5.56 Å². The van der Waals surface area contributed by atoms with E-state index in [0.717, 1.165) is 5.56 Å². The summed E-state index contributed by atoms with van der Waals surface area (Å²) < 4.78 is 9.95. The lowest BCUT2D eigenvalue weighted by molar-refractivity contribution is -0.142. The largest absolute Gasteiger partial charge is 0.497 e. The molecular weight excluding hydrogens is 294 g/mol. The van der Waals surface area contributed by atoms with Crippen LogP contribution in [-0.4, -0.2) is 25.6 Å². The predicted molar refractivity (Wildman–Crippen MR) is 88.1 cm³/mol. The Balaban J connectivity index is 1.79. The topological polar surface area (TPSA) is 64.6 Å². The summed E-state index contributed by atoms with van der Waals surface area (Å²) in [5.74, 6) is -0.361. The molecule has 0 aliphatic carbocycles. The summed E-state index contributed by atoms with van der Waals surface area (Å²) in [6.07, 6.45) is 2.91. The zero-order chi connectivity index (χ0) is 16.5. The van der Waals surface area contributed by atoms with Gasteiger partial charge in [-0.25, -0.2) is 4.79 Å². The van der Waals surface area contributed by atoms with Crippen LogP contribution in [0.4, 0.5) is 5.69 Å². The number of benzene rings is 2. The fourth-order valence-electron chi connectivity index (χ4n) is 1.81. The third-order valence-corrected chi connectivity index (χ3v) is 2.91. The number of nitrogens with one attached hydrogen (secondary N) is 1. The van der Waals surface area contributed by atoms with Gasteiger partial charge in [0.15, 0.2) is 6.61 Å². The van der Waals surface area contributed by atoms with E-state index < -0.39 is 11.9 Å². The SMILES string of the molecule is COc1cccc(NC(=O)COC(=O)C=Cc2ccccc2)c1. The summed E-state index contributed by atoms with van der Waals surface area (Å²) in [6.45, 7) is -0.352. The Hall–Kier alpha value is -3.08. The van der Waals surface area contributed by atoms with Crippen molar-refractivity contribution in [3.8, 4) is 5.75 Å². The van der Waals surface area contributed by atoms with E-state index in [-0.39, 0.29) is 6.61 Å². The highest BCUT2D eigenvalue weighted by atomic mass is 16.5. The number of carbonyl (C=O) groups is 2. The van der Waals surface area contributed by atoms with E-state index in [1.807, 2.05) is 30.3 Å². The number of rotatable bonds is 6. The summed E-state index contributed by atoms with van der Waals surface area (Å²) in [7, 11) is 1.54. The number of methoxy groups -OCH3 is 1. The minimum Gasteiger partial charge on any atom is -0.497 e. The molecule has 0 bridgehead atoms. The Kier molecular flexibility index (Phi) is 5.94. The molecule has 1 N–H and O–H groups in total. The van der Waals surface area contributed by atoms with Crippen LogP contribution in [0.2, 0.25) is 0 Å². The molecule has 23 heavy (non-hydrogen) atoms. The second kappa shape index (κ2) is 8.38. The molecule has 0 saturated heterocycles. The van der Waals surface area contributed by atoms with Crippen molar-refractivity contribution in [3.63, 3.8) is 0 Å². The molecule has 0 aromatic heterocycles. The van der Waals surface area contributed by atoms with Gasteiger partial charge in [0, 0.05) is 17.8 Å².